The zero-order valence-corrected chi connectivity index (χ0v) is 12.1. The molecule has 104 valence electrons. The Balaban J connectivity index is 2.05. The van der Waals surface area contributed by atoms with Crippen molar-refractivity contribution in [2.45, 2.75) is 6.92 Å². The van der Waals surface area contributed by atoms with Crippen molar-refractivity contribution in [3.63, 3.8) is 0 Å². The number of allylic oxidation sites excluding steroid dienone is 1. The van der Waals surface area contributed by atoms with Gasteiger partial charge >= 0.3 is 0 Å². The van der Waals surface area contributed by atoms with Crippen LogP contribution in [0.4, 0.5) is 5.95 Å². The highest BCUT2D eigenvalue weighted by Crippen LogP contribution is 2.15. The minimum Gasteiger partial charge on any atom is -0.389 e. The molecule has 1 aromatic heterocycles. The molecule has 1 fully saturated rings. The van der Waals surface area contributed by atoms with Crippen LogP contribution in [0.2, 0.25) is 0 Å². The molecule has 1 aliphatic heterocycles. The normalized spacial score (nSPS) is 16.4. The Hall–Kier alpha value is -2.20. The molecule has 0 amide bonds. The lowest BCUT2D eigenvalue weighted by Crippen LogP contribution is -2.46. The van der Waals surface area contributed by atoms with E-state index in [-0.39, 0.29) is 4.99 Å². The predicted octanol–water partition coefficient (Wildman–Crippen LogP) is 0.682. The van der Waals surface area contributed by atoms with Crippen LogP contribution in [0, 0.1) is 11.3 Å². The van der Waals surface area contributed by atoms with Crippen LogP contribution >= 0.6 is 12.2 Å². The molecule has 20 heavy (non-hydrogen) atoms. The quantitative estimate of drug-likeness (QED) is 0.497. The third-order valence-electron chi connectivity index (χ3n) is 3.31. The number of nitriles is 1. The highest BCUT2D eigenvalue weighted by Gasteiger charge is 2.21. The van der Waals surface area contributed by atoms with Gasteiger partial charge in [0.15, 0.2) is 0 Å². The first kappa shape index (κ1) is 14.2. The predicted molar refractivity (Wildman–Crippen MR) is 80.9 cm³/mol. The van der Waals surface area contributed by atoms with E-state index in [1.54, 1.807) is 18.5 Å². The van der Waals surface area contributed by atoms with Gasteiger partial charge in [0.1, 0.15) is 16.6 Å². The molecule has 1 aromatic rings. The second kappa shape index (κ2) is 6.30. The van der Waals surface area contributed by atoms with E-state index >= 15 is 0 Å². The first-order valence-electron chi connectivity index (χ1n) is 6.31. The molecule has 0 radical (unpaired) electrons. The van der Waals surface area contributed by atoms with Crippen LogP contribution < -0.4 is 10.6 Å². The van der Waals surface area contributed by atoms with Gasteiger partial charge in [-0.05, 0) is 13.0 Å². The van der Waals surface area contributed by atoms with Gasteiger partial charge in [0.05, 0.1) is 0 Å². The summed E-state index contributed by atoms with van der Waals surface area (Å²) in [4.78, 5) is 12.9. The Morgan fingerprint density at radius 1 is 1.30 bits per heavy atom. The lowest BCUT2D eigenvalue weighted by Gasteiger charge is -2.36. The maximum absolute atomic E-state index is 9.10. The smallest absolute Gasteiger partial charge is 0.225 e. The number of piperazine rings is 1. The van der Waals surface area contributed by atoms with Crippen molar-refractivity contribution in [2.24, 2.45) is 5.73 Å². The van der Waals surface area contributed by atoms with Crippen LogP contribution in [-0.2, 0) is 0 Å². The maximum Gasteiger partial charge on any atom is 0.225 e. The molecule has 0 bridgehead atoms. The lowest BCUT2D eigenvalue weighted by atomic mass is 10.2. The number of anilines is 1. The van der Waals surface area contributed by atoms with E-state index in [0.717, 1.165) is 37.8 Å². The van der Waals surface area contributed by atoms with Crippen molar-refractivity contribution in [2.75, 3.05) is 31.1 Å². The Morgan fingerprint density at radius 2 is 1.90 bits per heavy atom. The SMILES string of the molecule is C/C(=C(\C#N)C(N)=S)N1CCN(c2ncccn2)CC1. The van der Waals surface area contributed by atoms with Gasteiger partial charge in [-0.1, -0.05) is 12.2 Å². The molecular formula is C13H16N6S. The monoisotopic (exact) mass is 288 g/mol. The Labute approximate surface area is 123 Å². The van der Waals surface area contributed by atoms with Crippen molar-refractivity contribution in [3.8, 4) is 6.07 Å². The average molecular weight is 288 g/mol. The fraction of sp³-hybridized carbons (Fsp3) is 0.385. The molecule has 2 rings (SSSR count). The number of rotatable bonds is 3. The van der Waals surface area contributed by atoms with Crippen LogP contribution in [0.5, 0.6) is 0 Å². The van der Waals surface area contributed by atoms with Gasteiger partial charge in [0, 0.05) is 44.3 Å². The molecule has 0 atom stereocenters. The van der Waals surface area contributed by atoms with E-state index in [4.69, 9.17) is 23.2 Å². The minimum absolute atomic E-state index is 0.152. The number of nitrogens with two attached hydrogens (primary N) is 1. The van der Waals surface area contributed by atoms with E-state index in [9.17, 15) is 0 Å². The van der Waals surface area contributed by atoms with Gasteiger partial charge in [0.25, 0.3) is 0 Å². The van der Waals surface area contributed by atoms with Gasteiger partial charge in [-0.3, -0.25) is 0 Å². The van der Waals surface area contributed by atoms with E-state index in [2.05, 4.69) is 25.8 Å². The summed E-state index contributed by atoms with van der Waals surface area (Å²) >= 11 is 4.90. The van der Waals surface area contributed by atoms with Crippen LogP contribution in [-0.4, -0.2) is 46.0 Å². The van der Waals surface area contributed by atoms with Crippen LogP contribution in [0.25, 0.3) is 0 Å². The third-order valence-corrected chi connectivity index (χ3v) is 3.51. The highest BCUT2D eigenvalue weighted by atomic mass is 32.1. The molecule has 0 aromatic carbocycles. The fourth-order valence-corrected chi connectivity index (χ4v) is 2.36. The highest BCUT2D eigenvalue weighted by molar-refractivity contribution is 7.80. The first-order chi connectivity index (χ1) is 9.63. The standard InChI is InChI=1S/C13H16N6S/c1-10(11(9-14)12(15)20)18-5-7-19(8-6-18)13-16-3-2-4-17-13/h2-4H,5-8H2,1H3,(H2,15,20)/b11-10-. The third kappa shape index (κ3) is 3.03. The van der Waals surface area contributed by atoms with Crippen molar-refractivity contribution < 1.29 is 0 Å². The second-order valence-electron chi connectivity index (χ2n) is 4.46. The summed E-state index contributed by atoms with van der Waals surface area (Å²) in [6.07, 6.45) is 3.47. The second-order valence-corrected chi connectivity index (χ2v) is 4.90. The van der Waals surface area contributed by atoms with Crippen molar-refractivity contribution in [1.82, 2.24) is 14.9 Å². The molecule has 0 saturated carbocycles. The van der Waals surface area contributed by atoms with Gasteiger partial charge < -0.3 is 15.5 Å². The van der Waals surface area contributed by atoms with Crippen molar-refractivity contribution in [3.05, 3.63) is 29.7 Å². The summed E-state index contributed by atoms with van der Waals surface area (Å²) in [5.74, 6) is 0.739. The van der Waals surface area contributed by atoms with E-state index < -0.39 is 0 Å². The summed E-state index contributed by atoms with van der Waals surface area (Å²) < 4.78 is 0. The summed E-state index contributed by atoms with van der Waals surface area (Å²) in [6.45, 7) is 5.07. The molecule has 1 saturated heterocycles. The number of hydrogen-bond acceptors (Lipinski definition) is 6. The van der Waals surface area contributed by atoms with Gasteiger partial charge in [-0.25, -0.2) is 9.97 Å². The summed E-state index contributed by atoms with van der Waals surface area (Å²) in [5, 5.41) is 9.10. The Kier molecular flexibility index (Phi) is 4.48. The summed E-state index contributed by atoms with van der Waals surface area (Å²) in [7, 11) is 0. The van der Waals surface area contributed by atoms with Crippen LogP contribution in [0.1, 0.15) is 6.92 Å². The summed E-state index contributed by atoms with van der Waals surface area (Å²) in [5.41, 5.74) is 6.80. The van der Waals surface area contributed by atoms with E-state index in [1.165, 1.54) is 0 Å². The Bertz CT molecular complexity index is 554. The first-order valence-corrected chi connectivity index (χ1v) is 6.72. The summed E-state index contributed by atoms with van der Waals surface area (Å²) in [6, 6.07) is 3.87. The van der Waals surface area contributed by atoms with E-state index in [0.29, 0.717) is 5.57 Å². The molecule has 0 aliphatic carbocycles. The molecule has 6 nitrogen and oxygen atoms in total. The van der Waals surface area contributed by atoms with Crippen LogP contribution in [0.3, 0.4) is 0 Å². The maximum atomic E-state index is 9.10. The number of nitrogens with zero attached hydrogens (tertiary/aromatic N) is 5. The molecule has 2 heterocycles. The zero-order chi connectivity index (χ0) is 14.5. The van der Waals surface area contributed by atoms with Crippen molar-refractivity contribution in [1.29, 1.82) is 5.26 Å². The van der Waals surface area contributed by atoms with Crippen molar-refractivity contribution >= 4 is 23.2 Å². The average Bonchev–Trinajstić information content (AvgIpc) is 2.48. The topological polar surface area (TPSA) is 82.1 Å². The lowest BCUT2D eigenvalue weighted by molar-refractivity contribution is 0.319. The van der Waals surface area contributed by atoms with Gasteiger partial charge in [-0.2, -0.15) is 5.26 Å². The molecule has 1 aliphatic rings. The number of aromatic nitrogens is 2. The molecule has 0 unspecified atom stereocenters. The number of thiocarbonyl (C=S) groups is 1. The molecular weight excluding hydrogens is 272 g/mol. The van der Waals surface area contributed by atoms with Gasteiger partial charge in [-0.15, -0.1) is 0 Å². The molecule has 2 N–H and O–H groups in total. The largest absolute Gasteiger partial charge is 0.389 e. The minimum atomic E-state index is 0.152. The van der Waals surface area contributed by atoms with E-state index in [1.807, 2.05) is 6.92 Å². The van der Waals surface area contributed by atoms with Crippen LogP contribution in [0.15, 0.2) is 29.7 Å². The number of hydrogen-bond donors (Lipinski definition) is 1. The molecule has 0 spiro atoms. The zero-order valence-electron chi connectivity index (χ0n) is 11.3. The fourth-order valence-electron chi connectivity index (χ4n) is 2.17. The van der Waals surface area contributed by atoms with Gasteiger partial charge in [0.2, 0.25) is 5.95 Å². The Morgan fingerprint density at radius 3 is 2.40 bits per heavy atom. The molecule has 7 heteroatoms.